The number of hydrogen-bond donors (Lipinski definition) is 2. The molecule has 1 amide bonds. The number of likely N-dealkylation sites (N-methyl/N-ethyl adjacent to an activating group) is 1. The monoisotopic (exact) mass is 212 g/mol. The Bertz CT molecular complexity index is 198. The first-order valence-electron chi connectivity index (χ1n) is 6.12. The van der Waals surface area contributed by atoms with Gasteiger partial charge in [0.2, 0.25) is 5.91 Å². The second-order valence-corrected chi connectivity index (χ2v) is 4.85. The summed E-state index contributed by atoms with van der Waals surface area (Å²) in [5.41, 5.74) is 0. The van der Waals surface area contributed by atoms with Crippen molar-refractivity contribution in [3.8, 4) is 0 Å². The Hall–Kier alpha value is -0.570. The molecule has 2 N–H and O–H groups in total. The van der Waals surface area contributed by atoms with Gasteiger partial charge in [-0.25, -0.2) is 0 Å². The highest BCUT2D eigenvalue weighted by Gasteiger charge is 2.23. The van der Waals surface area contributed by atoms with Gasteiger partial charge in [0, 0.05) is 6.04 Å². The van der Waals surface area contributed by atoms with Crippen molar-refractivity contribution in [1.82, 2.24) is 10.6 Å². The van der Waals surface area contributed by atoms with Crippen LogP contribution in [0.1, 0.15) is 46.0 Å². The number of carbonyl (C=O) groups is 1. The predicted octanol–water partition coefficient (Wildman–Crippen LogP) is 1.68. The molecule has 0 bridgehead atoms. The van der Waals surface area contributed by atoms with E-state index in [1.54, 1.807) is 0 Å². The Morgan fingerprint density at radius 3 is 2.27 bits per heavy atom. The van der Waals surface area contributed by atoms with Crippen molar-refractivity contribution in [2.75, 3.05) is 7.05 Å². The molecule has 0 aliphatic heterocycles. The van der Waals surface area contributed by atoms with Gasteiger partial charge in [0.1, 0.15) is 0 Å². The van der Waals surface area contributed by atoms with E-state index in [4.69, 9.17) is 0 Å². The lowest BCUT2D eigenvalue weighted by Gasteiger charge is -2.26. The molecule has 0 aromatic rings. The highest BCUT2D eigenvalue weighted by molar-refractivity contribution is 5.82. The molecule has 1 aliphatic carbocycles. The third kappa shape index (κ3) is 3.82. The number of carbonyl (C=O) groups excluding carboxylic acids is 1. The van der Waals surface area contributed by atoms with Crippen LogP contribution >= 0.6 is 0 Å². The molecule has 0 heterocycles. The molecule has 0 aromatic heterocycles. The average molecular weight is 212 g/mol. The highest BCUT2D eigenvalue weighted by atomic mass is 16.2. The summed E-state index contributed by atoms with van der Waals surface area (Å²) in [5, 5.41) is 6.23. The molecule has 88 valence electrons. The first-order chi connectivity index (χ1) is 7.15. The van der Waals surface area contributed by atoms with Crippen LogP contribution in [0.15, 0.2) is 0 Å². The van der Waals surface area contributed by atoms with Gasteiger partial charge in [-0.15, -0.1) is 0 Å². The maximum atomic E-state index is 11.9. The fraction of sp³-hybridized carbons (Fsp3) is 0.917. The van der Waals surface area contributed by atoms with Crippen LogP contribution in [0.5, 0.6) is 0 Å². The highest BCUT2D eigenvalue weighted by Crippen LogP contribution is 2.17. The summed E-state index contributed by atoms with van der Waals surface area (Å²) in [5.74, 6) is 0.512. The van der Waals surface area contributed by atoms with Crippen LogP contribution < -0.4 is 10.6 Å². The van der Waals surface area contributed by atoms with Crippen LogP contribution in [0.2, 0.25) is 0 Å². The Balaban J connectivity index is 2.38. The molecule has 0 aromatic carbocycles. The quantitative estimate of drug-likeness (QED) is 0.744. The van der Waals surface area contributed by atoms with Gasteiger partial charge in [-0.05, 0) is 25.8 Å². The van der Waals surface area contributed by atoms with E-state index in [1.807, 2.05) is 7.05 Å². The Morgan fingerprint density at radius 2 is 1.80 bits per heavy atom. The molecule has 15 heavy (non-hydrogen) atoms. The van der Waals surface area contributed by atoms with Crippen LogP contribution in [0.4, 0.5) is 0 Å². The molecular weight excluding hydrogens is 188 g/mol. The van der Waals surface area contributed by atoms with Crippen molar-refractivity contribution in [3.05, 3.63) is 0 Å². The van der Waals surface area contributed by atoms with E-state index in [0.717, 1.165) is 12.8 Å². The summed E-state index contributed by atoms with van der Waals surface area (Å²) in [6.45, 7) is 4.14. The minimum atomic E-state index is -0.0491. The number of hydrogen-bond acceptors (Lipinski definition) is 2. The molecule has 3 nitrogen and oxygen atoms in total. The van der Waals surface area contributed by atoms with Crippen LogP contribution in [0.3, 0.4) is 0 Å². The third-order valence-electron chi connectivity index (χ3n) is 3.21. The molecule has 1 atom stereocenters. The van der Waals surface area contributed by atoms with Crippen molar-refractivity contribution in [2.24, 2.45) is 5.92 Å². The molecule has 0 spiro atoms. The van der Waals surface area contributed by atoms with E-state index in [1.165, 1.54) is 19.3 Å². The van der Waals surface area contributed by atoms with Crippen LogP contribution in [-0.2, 0) is 4.79 Å². The summed E-state index contributed by atoms with van der Waals surface area (Å²) < 4.78 is 0. The van der Waals surface area contributed by atoms with E-state index >= 15 is 0 Å². The third-order valence-corrected chi connectivity index (χ3v) is 3.21. The normalized spacial score (nSPS) is 20.3. The smallest absolute Gasteiger partial charge is 0.237 e. The van der Waals surface area contributed by atoms with E-state index in [9.17, 15) is 4.79 Å². The number of nitrogens with one attached hydrogen (secondary N) is 2. The molecule has 1 fully saturated rings. The van der Waals surface area contributed by atoms with Crippen molar-refractivity contribution in [2.45, 2.75) is 58.0 Å². The average Bonchev–Trinajstić information content (AvgIpc) is 2.19. The number of amides is 1. The molecule has 0 saturated heterocycles. The molecule has 1 rings (SSSR count). The zero-order chi connectivity index (χ0) is 11.3. The summed E-state index contributed by atoms with van der Waals surface area (Å²) in [6.07, 6.45) is 6.15. The summed E-state index contributed by atoms with van der Waals surface area (Å²) in [7, 11) is 1.85. The minimum Gasteiger partial charge on any atom is -0.352 e. The van der Waals surface area contributed by atoms with E-state index < -0.39 is 0 Å². The van der Waals surface area contributed by atoms with Crippen LogP contribution in [0.25, 0.3) is 0 Å². The lowest BCUT2D eigenvalue weighted by atomic mass is 9.94. The summed E-state index contributed by atoms with van der Waals surface area (Å²) in [4.78, 5) is 11.9. The largest absolute Gasteiger partial charge is 0.352 e. The van der Waals surface area contributed by atoms with Gasteiger partial charge < -0.3 is 10.6 Å². The predicted molar refractivity (Wildman–Crippen MR) is 62.7 cm³/mol. The van der Waals surface area contributed by atoms with Crippen LogP contribution in [0, 0.1) is 5.92 Å². The van der Waals surface area contributed by atoms with Gasteiger partial charge in [-0.1, -0.05) is 33.1 Å². The zero-order valence-corrected chi connectivity index (χ0v) is 10.2. The van der Waals surface area contributed by atoms with Gasteiger partial charge in [0.15, 0.2) is 0 Å². The maximum absolute atomic E-state index is 11.9. The second-order valence-electron chi connectivity index (χ2n) is 4.85. The van der Waals surface area contributed by atoms with Gasteiger partial charge in [-0.3, -0.25) is 4.79 Å². The molecule has 0 radical (unpaired) electrons. The van der Waals surface area contributed by atoms with Crippen molar-refractivity contribution >= 4 is 5.91 Å². The van der Waals surface area contributed by atoms with E-state index in [-0.39, 0.29) is 11.9 Å². The van der Waals surface area contributed by atoms with Crippen molar-refractivity contribution in [1.29, 1.82) is 0 Å². The maximum Gasteiger partial charge on any atom is 0.237 e. The molecular formula is C12H24N2O. The number of rotatable bonds is 4. The zero-order valence-electron chi connectivity index (χ0n) is 10.2. The second kappa shape index (κ2) is 6.11. The minimum absolute atomic E-state index is 0.0491. The first-order valence-corrected chi connectivity index (χ1v) is 6.12. The molecule has 1 unspecified atom stereocenters. The van der Waals surface area contributed by atoms with E-state index in [0.29, 0.717) is 12.0 Å². The summed E-state index contributed by atoms with van der Waals surface area (Å²) in [6, 6.07) is 0.368. The Morgan fingerprint density at radius 1 is 1.20 bits per heavy atom. The van der Waals surface area contributed by atoms with Gasteiger partial charge >= 0.3 is 0 Å². The topological polar surface area (TPSA) is 41.1 Å². The fourth-order valence-corrected chi connectivity index (χ4v) is 2.31. The van der Waals surface area contributed by atoms with Crippen molar-refractivity contribution < 1.29 is 4.79 Å². The fourth-order valence-electron chi connectivity index (χ4n) is 2.31. The lowest BCUT2D eigenvalue weighted by Crippen LogP contribution is -2.49. The van der Waals surface area contributed by atoms with Gasteiger partial charge in [0.05, 0.1) is 6.04 Å². The van der Waals surface area contributed by atoms with Gasteiger partial charge in [0.25, 0.3) is 0 Å². The van der Waals surface area contributed by atoms with Crippen LogP contribution in [-0.4, -0.2) is 25.0 Å². The molecule has 1 aliphatic rings. The Labute approximate surface area is 93.0 Å². The molecule has 3 heteroatoms. The molecule has 1 saturated carbocycles. The standard InChI is InChI=1S/C12H24N2O/c1-9(2)11(13-3)12(15)14-10-7-5-4-6-8-10/h9-11,13H,4-8H2,1-3H3,(H,14,15). The lowest BCUT2D eigenvalue weighted by molar-refractivity contribution is -0.124. The summed E-state index contributed by atoms with van der Waals surface area (Å²) >= 11 is 0. The van der Waals surface area contributed by atoms with Crippen molar-refractivity contribution in [3.63, 3.8) is 0 Å². The van der Waals surface area contributed by atoms with E-state index in [2.05, 4.69) is 24.5 Å². The SMILES string of the molecule is CNC(C(=O)NC1CCCCC1)C(C)C. The first kappa shape index (κ1) is 12.5. The van der Waals surface area contributed by atoms with Gasteiger partial charge in [-0.2, -0.15) is 0 Å². The Kier molecular flexibility index (Phi) is 5.09.